The molecule has 0 aliphatic carbocycles. The van der Waals surface area contributed by atoms with Gasteiger partial charge in [-0.2, -0.15) is 0 Å². The fraction of sp³-hybridized carbons (Fsp3) is 0.619. The van der Waals surface area contributed by atoms with Crippen LogP contribution in [0.1, 0.15) is 19.3 Å². The van der Waals surface area contributed by atoms with Crippen molar-refractivity contribution in [3.05, 3.63) is 24.0 Å². The molecule has 2 aliphatic rings. The molecule has 0 spiro atoms. The molecule has 31 heavy (non-hydrogen) atoms. The molecule has 3 unspecified atom stereocenters. The number of carbonyl (C=O) groups is 2. The molecule has 0 aromatic heterocycles. The van der Waals surface area contributed by atoms with Gasteiger partial charge >= 0.3 is 0 Å². The average Bonchev–Trinajstić information content (AvgIpc) is 2.77. The summed E-state index contributed by atoms with van der Waals surface area (Å²) in [6.45, 7) is 2.13. The minimum Gasteiger partial charge on any atom is -0.375 e. The molecule has 2 N–H and O–H groups in total. The highest BCUT2D eigenvalue weighted by Crippen LogP contribution is 2.29. The Morgan fingerprint density at radius 3 is 2.61 bits per heavy atom. The number of nitrogens with zero attached hydrogens (tertiary/aromatic N) is 3. The number of piperidine rings is 1. The molecule has 2 aliphatic heterocycles. The number of anilines is 2. The molecule has 0 bridgehead atoms. The van der Waals surface area contributed by atoms with Gasteiger partial charge in [0.05, 0.1) is 18.3 Å². The van der Waals surface area contributed by atoms with Crippen LogP contribution < -0.4 is 15.5 Å². The van der Waals surface area contributed by atoms with Crippen molar-refractivity contribution >= 4 is 23.6 Å². The number of alkyl halides is 1. The first-order chi connectivity index (χ1) is 14.9. The van der Waals surface area contributed by atoms with E-state index in [-0.39, 0.29) is 38.0 Å². The van der Waals surface area contributed by atoms with Crippen molar-refractivity contribution in [1.82, 2.24) is 15.3 Å². The van der Waals surface area contributed by atoms with E-state index in [1.54, 1.807) is 17.0 Å². The van der Waals surface area contributed by atoms with E-state index in [4.69, 9.17) is 0 Å². The molecule has 1 aromatic carbocycles. The van der Waals surface area contributed by atoms with Gasteiger partial charge in [0.2, 0.25) is 5.91 Å². The number of piperazine rings is 1. The van der Waals surface area contributed by atoms with Crippen LogP contribution in [0, 0.1) is 5.82 Å². The van der Waals surface area contributed by atoms with Crippen LogP contribution in [0.3, 0.4) is 0 Å². The van der Waals surface area contributed by atoms with E-state index in [1.807, 2.05) is 4.90 Å². The Balaban J connectivity index is 1.57. The molecule has 1 aromatic rings. The normalized spacial score (nSPS) is 23.9. The average molecular weight is 441 g/mol. The van der Waals surface area contributed by atoms with E-state index in [9.17, 15) is 22.9 Å². The van der Waals surface area contributed by atoms with Crippen LogP contribution in [0.4, 0.5) is 24.6 Å². The summed E-state index contributed by atoms with van der Waals surface area (Å²) in [7, 11) is 1.52. The molecule has 0 saturated carbocycles. The number of nitrogens with one attached hydrogen (secondary N) is 2. The van der Waals surface area contributed by atoms with Gasteiger partial charge in [-0.3, -0.25) is 9.69 Å². The van der Waals surface area contributed by atoms with Crippen LogP contribution in [-0.4, -0.2) is 86.8 Å². The highest BCUT2D eigenvalue weighted by atomic mass is 19.2. The summed E-state index contributed by atoms with van der Waals surface area (Å²) < 4.78 is 42.8. The quantitative estimate of drug-likeness (QED) is 0.473. The van der Waals surface area contributed by atoms with E-state index >= 15 is 0 Å². The summed E-state index contributed by atoms with van der Waals surface area (Å²) in [5.41, 5.74) is 0.735. The fourth-order valence-corrected chi connectivity index (χ4v) is 4.20. The van der Waals surface area contributed by atoms with Gasteiger partial charge in [0, 0.05) is 57.9 Å². The maximum absolute atomic E-state index is 14.9. The van der Waals surface area contributed by atoms with Crippen molar-refractivity contribution in [2.75, 3.05) is 56.5 Å². The minimum atomic E-state index is -1.15. The molecule has 0 radical (unpaired) electrons. The molecule has 2 fully saturated rings. The van der Waals surface area contributed by atoms with Gasteiger partial charge in [-0.25, -0.2) is 8.78 Å². The van der Waals surface area contributed by atoms with Crippen LogP contribution in [0.2, 0.25) is 0 Å². The number of hydrogen-bond acceptors (Lipinski definition) is 6. The predicted molar refractivity (Wildman–Crippen MR) is 113 cm³/mol. The van der Waals surface area contributed by atoms with Gasteiger partial charge in [0.1, 0.15) is 18.3 Å². The van der Waals surface area contributed by atoms with E-state index in [0.717, 1.165) is 5.12 Å². The zero-order chi connectivity index (χ0) is 22.4. The molecule has 3 atom stereocenters. The van der Waals surface area contributed by atoms with Crippen molar-refractivity contribution in [3.63, 3.8) is 0 Å². The Morgan fingerprint density at radius 2 is 2.00 bits per heavy atom. The summed E-state index contributed by atoms with van der Waals surface area (Å²) in [6.07, 6.45) is 0.553. The summed E-state index contributed by atoms with van der Waals surface area (Å²) in [5, 5.41) is 6.16. The van der Waals surface area contributed by atoms with Gasteiger partial charge in [-0.15, -0.1) is 9.60 Å². The van der Waals surface area contributed by atoms with Crippen LogP contribution in [0.5, 0.6) is 0 Å². The third kappa shape index (κ3) is 6.10. The van der Waals surface area contributed by atoms with Crippen molar-refractivity contribution in [3.8, 4) is 0 Å². The second kappa shape index (κ2) is 10.8. The topological polar surface area (TPSA) is 67.9 Å². The van der Waals surface area contributed by atoms with Crippen molar-refractivity contribution in [1.29, 1.82) is 0 Å². The smallest absolute Gasteiger partial charge is 0.219 e. The number of rotatable bonds is 8. The Morgan fingerprint density at radius 1 is 1.26 bits per heavy atom. The number of carbonyl (C=O) groups excluding carboxylic acids is 2. The standard InChI is InChI=1S/C21H30F3N5O2/c1-25-21(31)5-3-16(14-30)26-15-2-4-19(17(22)12-15)28-7-6-20(18(23)13-28)27-8-10-29(24)11-9-27/h2,4,12,14,16,18,20,26H,3,5-11,13H2,1H3,(H,25,31). The lowest BCUT2D eigenvalue weighted by Gasteiger charge is -2.43. The fourth-order valence-electron chi connectivity index (χ4n) is 4.20. The van der Waals surface area contributed by atoms with Crippen LogP contribution >= 0.6 is 0 Å². The van der Waals surface area contributed by atoms with Crippen LogP contribution in [0.15, 0.2) is 18.2 Å². The lowest BCUT2D eigenvalue weighted by Crippen LogP contribution is -2.57. The van der Waals surface area contributed by atoms with Crippen molar-refractivity contribution in [2.45, 2.75) is 37.5 Å². The number of hydrogen-bond donors (Lipinski definition) is 2. The van der Waals surface area contributed by atoms with Gasteiger partial charge in [0.15, 0.2) is 0 Å². The maximum Gasteiger partial charge on any atom is 0.219 e. The van der Waals surface area contributed by atoms with Gasteiger partial charge in [-0.1, -0.05) is 0 Å². The minimum absolute atomic E-state index is 0.0767. The first-order valence-electron chi connectivity index (χ1n) is 10.7. The van der Waals surface area contributed by atoms with E-state index < -0.39 is 18.0 Å². The Kier molecular flexibility index (Phi) is 8.14. The monoisotopic (exact) mass is 441 g/mol. The highest BCUT2D eigenvalue weighted by molar-refractivity contribution is 5.76. The molecule has 1 amide bonds. The Hall–Kier alpha value is -2.33. The zero-order valence-corrected chi connectivity index (χ0v) is 17.7. The van der Waals surface area contributed by atoms with Crippen molar-refractivity contribution in [2.24, 2.45) is 0 Å². The second-order valence-electron chi connectivity index (χ2n) is 8.03. The lowest BCUT2D eigenvalue weighted by molar-refractivity contribution is -0.120. The SMILES string of the molecule is CNC(=O)CCC(C=O)Nc1ccc(N2CCC(N3CCN(F)CC3)C(F)C2)c(F)c1. The van der Waals surface area contributed by atoms with E-state index in [1.165, 1.54) is 13.1 Å². The molecule has 3 rings (SSSR count). The summed E-state index contributed by atoms with van der Waals surface area (Å²) in [4.78, 5) is 26.3. The molecule has 2 saturated heterocycles. The Labute approximate surface area is 180 Å². The predicted octanol–water partition coefficient (Wildman–Crippen LogP) is 1.75. The largest absolute Gasteiger partial charge is 0.375 e. The van der Waals surface area contributed by atoms with Crippen LogP contribution in [0.25, 0.3) is 0 Å². The molecule has 2 heterocycles. The molecule has 172 valence electrons. The Bertz CT molecular complexity index is 761. The lowest BCUT2D eigenvalue weighted by atomic mass is 9.99. The first-order valence-corrected chi connectivity index (χ1v) is 10.7. The van der Waals surface area contributed by atoms with E-state index in [2.05, 4.69) is 10.6 Å². The third-order valence-corrected chi connectivity index (χ3v) is 6.00. The summed E-state index contributed by atoms with van der Waals surface area (Å²) in [5.74, 6) is -0.677. The summed E-state index contributed by atoms with van der Waals surface area (Å²) >= 11 is 0. The second-order valence-corrected chi connectivity index (χ2v) is 8.03. The zero-order valence-electron chi connectivity index (χ0n) is 17.7. The maximum atomic E-state index is 14.9. The van der Waals surface area contributed by atoms with Crippen LogP contribution in [-0.2, 0) is 9.59 Å². The highest BCUT2D eigenvalue weighted by Gasteiger charge is 2.35. The number of halogens is 3. The third-order valence-electron chi connectivity index (χ3n) is 6.00. The molecule has 10 heteroatoms. The number of benzene rings is 1. The van der Waals surface area contributed by atoms with Gasteiger partial charge in [-0.05, 0) is 31.0 Å². The van der Waals surface area contributed by atoms with Gasteiger partial charge in [0.25, 0.3) is 0 Å². The van der Waals surface area contributed by atoms with Gasteiger partial charge < -0.3 is 20.3 Å². The van der Waals surface area contributed by atoms with Crippen molar-refractivity contribution < 1.29 is 22.9 Å². The number of aldehydes is 1. The van der Waals surface area contributed by atoms with E-state index in [0.29, 0.717) is 50.1 Å². The molecular weight excluding hydrogens is 411 g/mol. The summed E-state index contributed by atoms with van der Waals surface area (Å²) in [6, 6.07) is 3.62. The molecule has 7 nitrogen and oxygen atoms in total. The molecular formula is C21H30F3N5O2. The number of amides is 1. The first kappa shape index (κ1) is 23.3.